The molecule has 2 fully saturated rings. The minimum atomic E-state index is -4.61. The summed E-state index contributed by atoms with van der Waals surface area (Å²) in [4.78, 5) is 62.5. The van der Waals surface area contributed by atoms with Crippen molar-refractivity contribution in [3.8, 4) is 0 Å². The zero-order valence-electron chi connectivity index (χ0n) is 26.7. The van der Waals surface area contributed by atoms with Crippen molar-refractivity contribution in [3.63, 3.8) is 0 Å². The van der Waals surface area contributed by atoms with Crippen molar-refractivity contribution >= 4 is 52.4 Å². The van der Waals surface area contributed by atoms with Crippen LogP contribution >= 0.6 is 11.6 Å². The average Bonchev–Trinajstić information content (AvgIpc) is 3.81. The normalized spacial score (nSPS) is 15.4. The first-order valence-corrected chi connectivity index (χ1v) is 16.1. The van der Waals surface area contributed by atoms with Crippen LogP contribution in [0.3, 0.4) is 0 Å². The summed E-state index contributed by atoms with van der Waals surface area (Å²) >= 11 is 6.10. The molecule has 6 rings (SSSR count). The number of rotatable bonds is 9. The number of benzene rings is 1. The van der Waals surface area contributed by atoms with Gasteiger partial charge in [-0.2, -0.15) is 22.7 Å². The molecule has 4 aromatic rings. The SMILES string of the molecule is CCc1c(N2CCN(C(=O)CNC(=O)c3ccno3)CC2)c(=O)n2nc(N3CCOCC3)nc2n1CC(=O)Nc1ccc(C(F)(F)F)cc1Cl. The Bertz CT molecular complexity index is 1950. The Hall–Kier alpha value is -5.17. The van der Waals surface area contributed by atoms with Gasteiger partial charge in [-0.05, 0) is 24.6 Å². The lowest BCUT2D eigenvalue weighted by Gasteiger charge is -2.36. The molecule has 3 aromatic heterocycles. The molecule has 266 valence electrons. The molecular formula is C30H32ClF3N10O6. The number of aromatic nitrogens is 5. The highest BCUT2D eigenvalue weighted by atomic mass is 35.5. The third-order valence-corrected chi connectivity index (χ3v) is 8.64. The molecular weight excluding hydrogens is 689 g/mol. The van der Waals surface area contributed by atoms with Gasteiger partial charge in [-0.25, -0.2) is 0 Å². The maximum Gasteiger partial charge on any atom is 0.416 e. The number of hydrogen-bond donors (Lipinski definition) is 2. The van der Waals surface area contributed by atoms with E-state index in [9.17, 15) is 32.3 Å². The molecule has 0 aliphatic carbocycles. The van der Waals surface area contributed by atoms with Gasteiger partial charge < -0.3 is 39.2 Å². The number of morpholine rings is 1. The number of nitrogens with zero attached hydrogens (tertiary/aromatic N) is 8. The molecule has 0 unspecified atom stereocenters. The summed E-state index contributed by atoms with van der Waals surface area (Å²) in [5, 5.41) is 12.8. The summed E-state index contributed by atoms with van der Waals surface area (Å²) < 4.78 is 52.4. The van der Waals surface area contributed by atoms with Crippen molar-refractivity contribution < 1.29 is 36.8 Å². The quantitative estimate of drug-likeness (QED) is 0.258. The third kappa shape index (κ3) is 7.23. The maximum absolute atomic E-state index is 14.1. The second-order valence-electron chi connectivity index (χ2n) is 11.4. The number of anilines is 3. The molecule has 0 spiro atoms. The Kier molecular flexibility index (Phi) is 9.96. The average molecular weight is 721 g/mol. The van der Waals surface area contributed by atoms with Gasteiger partial charge in [0.25, 0.3) is 11.5 Å². The topological polar surface area (TPSA) is 172 Å². The van der Waals surface area contributed by atoms with Crippen molar-refractivity contribution in [2.45, 2.75) is 26.1 Å². The molecule has 2 aliphatic heterocycles. The van der Waals surface area contributed by atoms with Crippen LogP contribution < -0.4 is 26.0 Å². The molecule has 2 N–H and O–H groups in total. The van der Waals surface area contributed by atoms with Gasteiger partial charge in [0.05, 0.1) is 47.9 Å². The number of halogens is 4. The number of ether oxygens (including phenoxy) is 1. The smallest absolute Gasteiger partial charge is 0.378 e. The van der Waals surface area contributed by atoms with Gasteiger partial charge in [0.15, 0.2) is 0 Å². The van der Waals surface area contributed by atoms with Crippen LogP contribution in [0.25, 0.3) is 5.78 Å². The lowest BCUT2D eigenvalue weighted by molar-refractivity contribution is -0.137. The van der Waals surface area contributed by atoms with Crippen LogP contribution in [0, 0.1) is 0 Å². The number of amides is 3. The molecule has 20 heteroatoms. The van der Waals surface area contributed by atoms with Gasteiger partial charge in [-0.3, -0.25) is 19.2 Å². The molecule has 1 aromatic carbocycles. The number of fused-ring (bicyclic) bond motifs is 1. The van der Waals surface area contributed by atoms with Gasteiger partial charge >= 0.3 is 6.18 Å². The summed E-state index contributed by atoms with van der Waals surface area (Å²) in [6, 6.07) is 3.99. The zero-order valence-corrected chi connectivity index (χ0v) is 27.5. The van der Waals surface area contributed by atoms with E-state index in [0.29, 0.717) is 38.4 Å². The summed E-state index contributed by atoms with van der Waals surface area (Å²) in [7, 11) is 0. The van der Waals surface area contributed by atoms with Crippen LogP contribution in [0.5, 0.6) is 0 Å². The lowest BCUT2D eigenvalue weighted by Crippen LogP contribution is -2.52. The van der Waals surface area contributed by atoms with E-state index in [2.05, 4.69) is 25.9 Å². The first kappa shape index (κ1) is 34.7. The van der Waals surface area contributed by atoms with E-state index in [1.807, 2.05) is 16.7 Å². The third-order valence-electron chi connectivity index (χ3n) is 8.33. The monoisotopic (exact) mass is 720 g/mol. The number of carbonyl (C=O) groups is 3. The highest BCUT2D eigenvalue weighted by Gasteiger charge is 2.32. The molecule has 2 saturated heterocycles. The molecule has 0 atom stereocenters. The Morgan fingerprint density at radius 1 is 1.02 bits per heavy atom. The standard InChI is InChI=1S/C30H32ClF3N10O6/c1-2-21-25(41-9-7-40(8-10-41)24(46)16-35-26(47)22-5-6-36-50-22)27(48)44-29(38-28(39-44)42-11-13-49-14-12-42)43(21)17-23(45)37-20-4-3-18(15-19(20)31)30(32,33)34/h3-6,15H,2,7-14,16-17H2,1H3,(H,35,47)(H,37,45). The van der Waals surface area contributed by atoms with E-state index < -0.39 is 29.1 Å². The van der Waals surface area contributed by atoms with Crippen LogP contribution in [-0.4, -0.2) is 106 Å². The molecule has 0 bridgehead atoms. The van der Waals surface area contributed by atoms with Crippen molar-refractivity contribution in [1.29, 1.82) is 0 Å². The van der Waals surface area contributed by atoms with Gasteiger partial charge in [0.1, 0.15) is 12.2 Å². The van der Waals surface area contributed by atoms with E-state index >= 15 is 0 Å². The fourth-order valence-corrected chi connectivity index (χ4v) is 6.04. The van der Waals surface area contributed by atoms with Crippen LogP contribution in [0.15, 0.2) is 39.8 Å². The van der Waals surface area contributed by atoms with Gasteiger partial charge in [0, 0.05) is 45.3 Å². The Morgan fingerprint density at radius 2 is 1.76 bits per heavy atom. The predicted octanol–water partition coefficient (Wildman–Crippen LogP) is 1.67. The van der Waals surface area contributed by atoms with Gasteiger partial charge in [-0.1, -0.05) is 23.7 Å². The molecule has 3 amide bonds. The molecule has 5 heterocycles. The van der Waals surface area contributed by atoms with Crippen molar-refractivity contribution in [1.82, 2.24) is 34.5 Å². The van der Waals surface area contributed by atoms with Crippen LogP contribution in [-0.2, 0) is 33.5 Å². The zero-order chi connectivity index (χ0) is 35.6. The molecule has 0 radical (unpaired) electrons. The lowest BCUT2D eigenvalue weighted by atomic mass is 10.2. The first-order valence-electron chi connectivity index (χ1n) is 15.7. The largest absolute Gasteiger partial charge is 0.416 e. The second-order valence-corrected chi connectivity index (χ2v) is 11.8. The van der Waals surface area contributed by atoms with Crippen molar-refractivity contribution in [2.75, 3.05) is 74.1 Å². The fraction of sp³-hybridized carbons (Fsp3) is 0.433. The summed E-state index contributed by atoms with van der Waals surface area (Å²) in [6.07, 6.45) is -3.00. The summed E-state index contributed by atoms with van der Waals surface area (Å²) in [5.41, 5.74) is -0.711. The number of piperazine rings is 1. The number of nitrogens with one attached hydrogen (secondary N) is 2. The van der Waals surface area contributed by atoms with Gasteiger partial charge in [-0.15, -0.1) is 5.10 Å². The van der Waals surface area contributed by atoms with Crippen LogP contribution in [0.1, 0.15) is 28.7 Å². The highest BCUT2D eigenvalue weighted by Crippen LogP contribution is 2.34. The highest BCUT2D eigenvalue weighted by molar-refractivity contribution is 6.33. The van der Waals surface area contributed by atoms with E-state index in [1.165, 1.54) is 12.3 Å². The Labute approximate surface area is 286 Å². The van der Waals surface area contributed by atoms with E-state index in [1.54, 1.807) is 9.47 Å². The van der Waals surface area contributed by atoms with Crippen LogP contribution in [0.2, 0.25) is 5.02 Å². The maximum atomic E-state index is 14.1. The molecule has 2 aliphatic rings. The minimum absolute atomic E-state index is 0.0201. The molecule has 0 saturated carbocycles. The van der Waals surface area contributed by atoms with E-state index in [-0.39, 0.29) is 79.1 Å². The van der Waals surface area contributed by atoms with Crippen molar-refractivity contribution in [3.05, 3.63) is 62.9 Å². The predicted molar refractivity (Wildman–Crippen MR) is 172 cm³/mol. The van der Waals surface area contributed by atoms with Gasteiger partial charge in [0.2, 0.25) is 29.3 Å². The second kappa shape index (κ2) is 14.4. The fourth-order valence-electron chi connectivity index (χ4n) is 5.81. The number of carbonyl (C=O) groups excluding carboxylic acids is 3. The molecule has 16 nitrogen and oxygen atoms in total. The summed E-state index contributed by atoms with van der Waals surface area (Å²) in [6.45, 7) is 4.01. The van der Waals surface area contributed by atoms with Crippen molar-refractivity contribution in [2.24, 2.45) is 0 Å². The first-order chi connectivity index (χ1) is 23.9. The minimum Gasteiger partial charge on any atom is -0.378 e. The van der Waals surface area contributed by atoms with Crippen LogP contribution in [0.4, 0.5) is 30.5 Å². The number of hydrogen-bond acceptors (Lipinski definition) is 11. The number of alkyl halides is 3. The molecule has 50 heavy (non-hydrogen) atoms. The summed E-state index contributed by atoms with van der Waals surface area (Å²) in [5.74, 6) is -1.19. The Morgan fingerprint density at radius 3 is 2.40 bits per heavy atom. The van der Waals surface area contributed by atoms with E-state index in [4.69, 9.17) is 20.9 Å². The van der Waals surface area contributed by atoms with E-state index in [0.717, 1.165) is 22.7 Å². The Balaban J connectivity index is 1.27.